The Hall–Kier alpha value is -2.60. The van der Waals surface area contributed by atoms with E-state index in [0.29, 0.717) is 32.7 Å². The van der Waals surface area contributed by atoms with Crippen LogP contribution in [0.15, 0.2) is 48.5 Å². The van der Waals surface area contributed by atoms with Crippen molar-refractivity contribution in [3.05, 3.63) is 59.9 Å². The predicted molar refractivity (Wildman–Crippen MR) is 99.1 cm³/mol. The summed E-state index contributed by atoms with van der Waals surface area (Å²) >= 11 is 0. The van der Waals surface area contributed by atoms with Crippen molar-refractivity contribution in [3.8, 4) is 11.5 Å². The van der Waals surface area contributed by atoms with Gasteiger partial charge in [-0.2, -0.15) is 0 Å². The predicted octanol–water partition coefficient (Wildman–Crippen LogP) is 2.50. The lowest BCUT2D eigenvalue weighted by atomic mass is 10.1. The molecule has 1 amide bonds. The average Bonchev–Trinajstić information content (AvgIpc) is 2.64. The monoisotopic (exact) mass is 360 g/mol. The van der Waals surface area contributed by atoms with Crippen molar-refractivity contribution in [2.45, 2.75) is 6.42 Å². The number of ether oxygens (including phenoxy) is 2. The van der Waals surface area contributed by atoms with E-state index in [1.54, 1.807) is 19.2 Å². The van der Waals surface area contributed by atoms with Crippen LogP contribution >= 0.6 is 0 Å². The Bertz CT molecular complexity index is 674. The van der Waals surface area contributed by atoms with Gasteiger partial charge in [-0.1, -0.05) is 12.1 Å². The van der Waals surface area contributed by atoms with Crippen molar-refractivity contribution < 1.29 is 18.7 Å². The summed E-state index contributed by atoms with van der Waals surface area (Å²) in [4.78, 5) is 13.8. The van der Waals surface area contributed by atoms with Gasteiger partial charge in [-0.3, -0.25) is 9.69 Å². The van der Waals surface area contributed by atoms with Crippen molar-refractivity contribution in [2.75, 3.05) is 40.4 Å². The molecular formula is C20H25FN2O3. The SMILES string of the molecule is COc1ccc(OCCN(C)CC(=O)NCCc2ccc(F)cc2)cc1. The third-order valence-electron chi connectivity index (χ3n) is 3.86. The maximum Gasteiger partial charge on any atom is 0.234 e. The third-order valence-corrected chi connectivity index (χ3v) is 3.86. The number of benzene rings is 2. The molecule has 2 rings (SSSR count). The van der Waals surface area contributed by atoms with E-state index in [1.807, 2.05) is 36.2 Å². The van der Waals surface area contributed by atoms with Gasteiger partial charge in [0.1, 0.15) is 23.9 Å². The minimum Gasteiger partial charge on any atom is -0.497 e. The molecule has 0 saturated heterocycles. The highest BCUT2D eigenvalue weighted by atomic mass is 19.1. The van der Waals surface area contributed by atoms with Gasteiger partial charge >= 0.3 is 0 Å². The lowest BCUT2D eigenvalue weighted by Gasteiger charge is -2.16. The zero-order valence-electron chi connectivity index (χ0n) is 15.2. The number of hydrogen-bond donors (Lipinski definition) is 1. The van der Waals surface area contributed by atoms with Crippen LogP contribution in [-0.2, 0) is 11.2 Å². The summed E-state index contributed by atoms with van der Waals surface area (Å²) in [6, 6.07) is 13.7. The van der Waals surface area contributed by atoms with Crippen LogP contribution in [0.25, 0.3) is 0 Å². The molecule has 0 aliphatic heterocycles. The highest BCUT2D eigenvalue weighted by Crippen LogP contribution is 2.16. The van der Waals surface area contributed by atoms with E-state index < -0.39 is 0 Å². The number of likely N-dealkylation sites (N-methyl/N-ethyl adjacent to an activating group) is 1. The van der Waals surface area contributed by atoms with Crippen LogP contribution in [-0.4, -0.2) is 51.2 Å². The number of rotatable bonds is 10. The summed E-state index contributed by atoms with van der Waals surface area (Å²) in [6.07, 6.45) is 0.677. The zero-order chi connectivity index (χ0) is 18.8. The quantitative estimate of drug-likeness (QED) is 0.707. The van der Waals surface area contributed by atoms with Crippen LogP contribution in [0.4, 0.5) is 4.39 Å². The molecule has 0 atom stereocenters. The summed E-state index contributed by atoms with van der Waals surface area (Å²) in [7, 11) is 3.49. The van der Waals surface area contributed by atoms with E-state index in [4.69, 9.17) is 9.47 Å². The normalized spacial score (nSPS) is 10.6. The van der Waals surface area contributed by atoms with Gasteiger partial charge in [0.2, 0.25) is 5.91 Å². The van der Waals surface area contributed by atoms with E-state index in [2.05, 4.69) is 5.32 Å². The molecule has 0 heterocycles. The number of carbonyl (C=O) groups excluding carboxylic acids is 1. The van der Waals surface area contributed by atoms with Crippen LogP contribution in [0.5, 0.6) is 11.5 Å². The van der Waals surface area contributed by atoms with E-state index in [9.17, 15) is 9.18 Å². The fraction of sp³-hybridized carbons (Fsp3) is 0.350. The average molecular weight is 360 g/mol. The van der Waals surface area contributed by atoms with Gasteiger partial charge in [0.25, 0.3) is 0 Å². The highest BCUT2D eigenvalue weighted by molar-refractivity contribution is 5.77. The molecule has 0 spiro atoms. The third kappa shape index (κ3) is 7.11. The summed E-state index contributed by atoms with van der Waals surface area (Å²) in [5.41, 5.74) is 0.993. The van der Waals surface area contributed by atoms with Gasteiger partial charge in [-0.25, -0.2) is 4.39 Å². The standard InChI is InChI=1S/C20H25FN2O3/c1-23(13-14-26-19-9-7-18(25-2)8-10-19)15-20(24)22-12-11-16-3-5-17(21)6-4-16/h3-10H,11-15H2,1-2H3,(H,22,24). The van der Waals surface area contributed by atoms with Crippen LogP contribution < -0.4 is 14.8 Å². The Morgan fingerprint density at radius 3 is 2.38 bits per heavy atom. The molecule has 2 aromatic rings. The number of carbonyl (C=O) groups is 1. The summed E-state index contributed by atoms with van der Waals surface area (Å²) in [6.45, 7) is 1.96. The topological polar surface area (TPSA) is 50.8 Å². The molecule has 0 fully saturated rings. The molecule has 0 radical (unpaired) electrons. The minimum atomic E-state index is -0.253. The molecule has 140 valence electrons. The Morgan fingerprint density at radius 2 is 1.73 bits per heavy atom. The lowest BCUT2D eigenvalue weighted by Crippen LogP contribution is -2.37. The van der Waals surface area contributed by atoms with Crippen LogP contribution in [0.2, 0.25) is 0 Å². The maximum atomic E-state index is 12.8. The van der Waals surface area contributed by atoms with Crippen molar-refractivity contribution in [3.63, 3.8) is 0 Å². The Labute approximate surface area is 153 Å². The second-order valence-corrected chi connectivity index (χ2v) is 5.99. The van der Waals surface area contributed by atoms with Gasteiger partial charge in [0.05, 0.1) is 13.7 Å². The fourth-order valence-electron chi connectivity index (χ4n) is 2.37. The van der Waals surface area contributed by atoms with E-state index in [0.717, 1.165) is 17.1 Å². The molecule has 0 unspecified atom stereocenters. The molecule has 6 heteroatoms. The Morgan fingerprint density at radius 1 is 1.08 bits per heavy atom. The van der Waals surface area contributed by atoms with E-state index >= 15 is 0 Å². The van der Waals surface area contributed by atoms with Crippen LogP contribution in [0.1, 0.15) is 5.56 Å². The molecule has 0 saturated carbocycles. The first kappa shape index (κ1) is 19.7. The Kier molecular flexibility index (Phi) is 7.89. The summed E-state index contributed by atoms with van der Waals surface area (Å²) < 4.78 is 23.6. The highest BCUT2D eigenvalue weighted by Gasteiger charge is 2.06. The number of hydrogen-bond acceptors (Lipinski definition) is 4. The number of nitrogens with one attached hydrogen (secondary N) is 1. The second-order valence-electron chi connectivity index (χ2n) is 5.99. The minimum absolute atomic E-state index is 0.0425. The van der Waals surface area contributed by atoms with Gasteiger partial charge in [-0.05, 0) is 55.4 Å². The molecule has 1 N–H and O–H groups in total. The number of halogens is 1. The molecule has 2 aromatic carbocycles. The largest absolute Gasteiger partial charge is 0.497 e. The van der Waals surface area contributed by atoms with Gasteiger partial charge < -0.3 is 14.8 Å². The smallest absolute Gasteiger partial charge is 0.234 e. The summed E-state index contributed by atoms with van der Waals surface area (Å²) in [5.74, 6) is 1.25. The van der Waals surface area contributed by atoms with E-state index in [1.165, 1.54) is 12.1 Å². The fourth-order valence-corrected chi connectivity index (χ4v) is 2.37. The molecule has 0 aliphatic carbocycles. The van der Waals surface area contributed by atoms with Gasteiger partial charge in [-0.15, -0.1) is 0 Å². The molecule has 0 bridgehead atoms. The molecule has 26 heavy (non-hydrogen) atoms. The summed E-state index contributed by atoms with van der Waals surface area (Å²) in [5, 5.41) is 2.87. The number of amides is 1. The second kappa shape index (κ2) is 10.4. The first-order chi connectivity index (χ1) is 12.6. The molecule has 5 nitrogen and oxygen atoms in total. The lowest BCUT2D eigenvalue weighted by molar-refractivity contribution is -0.121. The van der Waals surface area contributed by atoms with Gasteiger partial charge in [0, 0.05) is 13.1 Å². The number of methoxy groups -OCH3 is 1. The maximum absolute atomic E-state index is 12.8. The first-order valence-corrected chi connectivity index (χ1v) is 8.53. The first-order valence-electron chi connectivity index (χ1n) is 8.53. The molecule has 0 aliphatic rings. The molecular weight excluding hydrogens is 335 g/mol. The van der Waals surface area contributed by atoms with E-state index in [-0.39, 0.29) is 11.7 Å². The van der Waals surface area contributed by atoms with Crippen LogP contribution in [0, 0.1) is 5.82 Å². The zero-order valence-corrected chi connectivity index (χ0v) is 15.2. The van der Waals surface area contributed by atoms with Gasteiger partial charge in [0.15, 0.2) is 0 Å². The number of nitrogens with zero attached hydrogens (tertiary/aromatic N) is 1. The van der Waals surface area contributed by atoms with Crippen molar-refractivity contribution in [2.24, 2.45) is 0 Å². The van der Waals surface area contributed by atoms with Crippen LogP contribution in [0.3, 0.4) is 0 Å². The molecule has 0 aromatic heterocycles. The van der Waals surface area contributed by atoms with Crippen molar-refractivity contribution in [1.82, 2.24) is 10.2 Å². The van der Waals surface area contributed by atoms with Crippen molar-refractivity contribution >= 4 is 5.91 Å². The Balaban J connectivity index is 1.59. The van der Waals surface area contributed by atoms with Crippen molar-refractivity contribution in [1.29, 1.82) is 0 Å².